The van der Waals surface area contributed by atoms with E-state index in [0.717, 1.165) is 30.7 Å². The molecule has 2 rings (SSSR count). The first-order chi connectivity index (χ1) is 9.56. The van der Waals surface area contributed by atoms with Gasteiger partial charge in [0.1, 0.15) is 0 Å². The molecule has 1 saturated heterocycles. The molecule has 0 aliphatic carbocycles. The predicted octanol–water partition coefficient (Wildman–Crippen LogP) is 2.37. The first kappa shape index (κ1) is 14.7. The van der Waals surface area contributed by atoms with Crippen LogP contribution in [0.5, 0.6) is 0 Å². The van der Waals surface area contributed by atoms with Crippen LogP contribution in [0, 0.1) is 17.0 Å². The monoisotopic (exact) mass is 295 g/mol. The molecular formula is C13H17N3O3S. The van der Waals surface area contributed by atoms with Crippen molar-refractivity contribution in [2.75, 3.05) is 18.5 Å². The smallest absolute Gasteiger partial charge is 0.269 e. The topological polar surface area (TPSA) is 76.4 Å². The average Bonchev–Trinajstić information content (AvgIpc) is 2.91. The number of nitro benzene ring substituents is 1. The van der Waals surface area contributed by atoms with Crippen molar-refractivity contribution in [3.05, 3.63) is 33.9 Å². The number of nitro groups is 1. The fraction of sp³-hybridized carbons (Fsp3) is 0.462. The SMILES string of the molecule is Cc1cc([N+](=O)[O-])ccc1NC(=S)NCC1CCCO1. The van der Waals surface area contributed by atoms with Gasteiger partial charge in [-0.2, -0.15) is 0 Å². The molecule has 108 valence electrons. The molecule has 0 amide bonds. The van der Waals surface area contributed by atoms with Crippen LogP contribution < -0.4 is 10.6 Å². The van der Waals surface area contributed by atoms with E-state index in [9.17, 15) is 10.1 Å². The zero-order valence-corrected chi connectivity index (χ0v) is 12.0. The van der Waals surface area contributed by atoms with Gasteiger partial charge in [0.2, 0.25) is 0 Å². The van der Waals surface area contributed by atoms with E-state index < -0.39 is 4.92 Å². The van der Waals surface area contributed by atoms with Crippen LogP contribution in [0.2, 0.25) is 0 Å². The molecule has 0 spiro atoms. The number of anilines is 1. The number of thiocarbonyl (C=S) groups is 1. The van der Waals surface area contributed by atoms with Gasteiger partial charge < -0.3 is 15.4 Å². The van der Waals surface area contributed by atoms with Crippen LogP contribution >= 0.6 is 12.2 Å². The van der Waals surface area contributed by atoms with Gasteiger partial charge in [-0.1, -0.05) is 0 Å². The largest absolute Gasteiger partial charge is 0.376 e. The predicted molar refractivity (Wildman–Crippen MR) is 81.0 cm³/mol. The Labute approximate surface area is 122 Å². The number of non-ortho nitro benzene ring substituents is 1. The maximum atomic E-state index is 10.7. The third-order valence-electron chi connectivity index (χ3n) is 3.18. The van der Waals surface area contributed by atoms with E-state index in [-0.39, 0.29) is 11.8 Å². The molecule has 0 radical (unpaired) electrons. The molecule has 1 atom stereocenters. The van der Waals surface area contributed by atoms with Crippen molar-refractivity contribution < 1.29 is 9.66 Å². The first-order valence-electron chi connectivity index (χ1n) is 6.48. The molecule has 0 aromatic heterocycles. The summed E-state index contributed by atoms with van der Waals surface area (Å²) >= 11 is 5.20. The summed E-state index contributed by atoms with van der Waals surface area (Å²) in [5.41, 5.74) is 1.62. The van der Waals surface area contributed by atoms with E-state index in [4.69, 9.17) is 17.0 Å². The summed E-state index contributed by atoms with van der Waals surface area (Å²) in [5.74, 6) is 0. The highest BCUT2D eigenvalue weighted by Gasteiger charge is 2.15. The lowest BCUT2D eigenvalue weighted by Crippen LogP contribution is -2.34. The van der Waals surface area contributed by atoms with Crippen LogP contribution in [0.25, 0.3) is 0 Å². The van der Waals surface area contributed by atoms with E-state index in [1.807, 2.05) is 0 Å². The average molecular weight is 295 g/mol. The van der Waals surface area contributed by atoms with E-state index in [2.05, 4.69) is 10.6 Å². The Morgan fingerprint density at radius 3 is 3.00 bits per heavy atom. The Morgan fingerprint density at radius 1 is 1.60 bits per heavy atom. The van der Waals surface area contributed by atoms with Gasteiger partial charge in [-0.15, -0.1) is 0 Å². The van der Waals surface area contributed by atoms with Gasteiger partial charge in [0.05, 0.1) is 11.0 Å². The number of hydrogen-bond acceptors (Lipinski definition) is 4. The summed E-state index contributed by atoms with van der Waals surface area (Å²) in [7, 11) is 0. The van der Waals surface area contributed by atoms with E-state index in [1.165, 1.54) is 12.1 Å². The zero-order valence-electron chi connectivity index (χ0n) is 11.2. The van der Waals surface area contributed by atoms with Crippen LogP contribution in [0.4, 0.5) is 11.4 Å². The molecular weight excluding hydrogens is 278 g/mol. The lowest BCUT2D eigenvalue weighted by atomic mass is 10.2. The molecule has 1 fully saturated rings. The van der Waals surface area contributed by atoms with Gasteiger partial charge in [-0.3, -0.25) is 10.1 Å². The van der Waals surface area contributed by atoms with Gasteiger partial charge >= 0.3 is 0 Å². The quantitative estimate of drug-likeness (QED) is 0.504. The third-order valence-corrected chi connectivity index (χ3v) is 3.43. The van der Waals surface area contributed by atoms with Crippen molar-refractivity contribution in [3.8, 4) is 0 Å². The minimum atomic E-state index is -0.412. The van der Waals surface area contributed by atoms with E-state index in [1.54, 1.807) is 13.0 Å². The lowest BCUT2D eigenvalue weighted by Gasteiger charge is -2.15. The minimum Gasteiger partial charge on any atom is -0.376 e. The number of hydrogen-bond donors (Lipinski definition) is 2. The Morgan fingerprint density at radius 2 is 2.40 bits per heavy atom. The van der Waals surface area contributed by atoms with Gasteiger partial charge in [0, 0.05) is 31.0 Å². The number of ether oxygens (including phenoxy) is 1. The highest BCUT2D eigenvalue weighted by atomic mass is 32.1. The van der Waals surface area contributed by atoms with Crippen molar-refractivity contribution in [1.29, 1.82) is 0 Å². The molecule has 1 heterocycles. The Bertz CT molecular complexity index is 516. The minimum absolute atomic E-state index is 0.0753. The molecule has 2 N–H and O–H groups in total. The molecule has 1 aliphatic heterocycles. The summed E-state index contributed by atoms with van der Waals surface area (Å²) in [6.45, 7) is 3.30. The maximum Gasteiger partial charge on any atom is 0.269 e. The fourth-order valence-corrected chi connectivity index (χ4v) is 2.27. The molecule has 0 saturated carbocycles. The first-order valence-corrected chi connectivity index (χ1v) is 6.88. The fourth-order valence-electron chi connectivity index (χ4n) is 2.08. The molecule has 1 unspecified atom stereocenters. The van der Waals surface area contributed by atoms with Crippen molar-refractivity contribution >= 4 is 28.7 Å². The van der Waals surface area contributed by atoms with Crippen LogP contribution in [-0.4, -0.2) is 29.3 Å². The summed E-state index contributed by atoms with van der Waals surface area (Å²) < 4.78 is 5.49. The number of rotatable bonds is 4. The van der Waals surface area contributed by atoms with Crippen LogP contribution in [0.3, 0.4) is 0 Å². The van der Waals surface area contributed by atoms with E-state index in [0.29, 0.717) is 11.7 Å². The Hall–Kier alpha value is -1.73. The highest BCUT2D eigenvalue weighted by molar-refractivity contribution is 7.80. The number of nitrogens with zero attached hydrogens (tertiary/aromatic N) is 1. The Balaban J connectivity index is 1.88. The van der Waals surface area contributed by atoms with Gasteiger partial charge in [-0.05, 0) is 43.6 Å². The second-order valence-electron chi connectivity index (χ2n) is 4.73. The number of benzene rings is 1. The normalized spacial score (nSPS) is 17.8. The van der Waals surface area contributed by atoms with Crippen LogP contribution in [-0.2, 0) is 4.74 Å². The second-order valence-corrected chi connectivity index (χ2v) is 5.13. The van der Waals surface area contributed by atoms with Gasteiger partial charge in [-0.25, -0.2) is 0 Å². The number of nitrogens with one attached hydrogen (secondary N) is 2. The van der Waals surface area contributed by atoms with E-state index >= 15 is 0 Å². The van der Waals surface area contributed by atoms with Gasteiger partial charge in [0.15, 0.2) is 5.11 Å². The molecule has 7 heteroatoms. The summed E-state index contributed by atoms with van der Waals surface area (Å²) in [4.78, 5) is 10.3. The van der Waals surface area contributed by atoms with Crippen molar-refractivity contribution in [3.63, 3.8) is 0 Å². The zero-order chi connectivity index (χ0) is 14.5. The lowest BCUT2D eigenvalue weighted by molar-refractivity contribution is -0.384. The van der Waals surface area contributed by atoms with Gasteiger partial charge in [0.25, 0.3) is 5.69 Å². The molecule has 20 heavy (non-hydrogen) atoms. The molecule has 6 nitrogen and oxygen atoms in total. The Kier molecular flexibility index (Phi) is 4.86. The van der Waals surface area contributed by atoms with Crippen LogP contribution in [0.1, 0.15) is 18.4 Å². The summed E-state index contributed by atoms with van der Waals surface area (Å²) in [5, 5.41) is 17.3. The third kappa shape index (κ3) is 3.88. The molecule has 1 aliphatic rings. The standard InChI is InChI=1S/C13H17N3O3S/c1-9-7-10(16(17)18)4-5-12(9)15-13(20)14-8-11-3-2-6-19-11/h4-5,7,11H,2-3,6,8H2,1H3,(H2,14,15,20). The highest BCUT2D eigenvalue weighted by Crippen LogP contribution is 2.21. The molecule has 0 bridgehead atoms. The van der Waals surface area contributed by atoms with Crippen molar-refractivity contribution in [2.24, 2.45) is 0 Å². The van der Waals surface area contributed by atoms with Crippen molar-refractivity contribution in [2.45, 2.75) is 25.9 Å². The summed E-state index contributed by atoms with van der Waals surface area (Å²) in [6.07, 6.45) is 2.35. The molecule has 1 aromatic carbocycles. The second kappa shape index (κ2) is 6.62. The van der Waals surface area contributed by atoms with Crippen LogP contribution in [0.15, 0.2) is 18.2 Å². The molecule has 1 aromatic rings. The van der Waals surface area contributed by atoms with Crippen molar-refractivity contribution in [1.82, 2.24) is 5.32 Å². The maximum absolute atomic E-state index is 10.7. The number of aryl methyl sites for hydroxylation is 1. The summed E-state index contributed by atoms with van der Waals surface area (Å²) in [6, 6.07) is 4.64.